The highest BCUT2D eigenvalue weighted by atomic mass is 32.2. The molecule has 2 aliphatic heterocycles. The number of carboxylic acid groups (broad SMARTS) is 1. The predicted molar refractivity (Wildman–Crippen MR) is 205 cm³/mol. The van der Waals surface area contributed by atoms with Crippen molar-refractivity contribution in [1.82, 2.24) is 35.0 Å². The molecule has 2 saturated carbocycles. The van der Waals surface area contributed by atoms with Crippen LogP contribution in [0.2, 0.25) is 0 Å². The van der Waals surface area contributed by atoms with Crippen molar-refractivity contribution in [3.05, 3.63) is 55.0 Å². The smallest absolute Gasteiger partial charge is 0.405 e. The van der Waals surface area contributed by atoms with Crippen molar-refractivity contribution in [3.8, 4) is 17.3 Å². The summed E-state index contributed by atoms with van der Waals surface area (Å²) in [5.74, 6) is -1.98. The summed E-state index contributed by atoms with van der Waals surface area (Å²) in [7, 11) is -2.46. The standard InChI is InChI=1S/C39H49N7O9S/c1-5-24-17-23(2)9-6-7-10-25-20-39(25,36(49)44-56(52,53)38(3)13-14-38)43-33(47)30-19-27(22-45(30)35(48)32(24)42-37(50)51)55-34-28-12-11-26(54-4)18-29(28)31(21-40-34)46-16-8-15-41-46/h7-8,10-12,15-16,18,21,23-25,27,30,32,42H,5-6,9,13-14,17,19-20,22H2,1-4H3,(H,43,47)(H,44,49)(H,50,51)/b10-7-/t23-,24-,25-,27-,30+,32+,39-/m1/s1. The predicted octanol–water partition coefficient (Wildman–Crippen LogP) is 3.69. The second-order valence-corrected chi connectivity index (χ2v) is 18.1. The fourth-order valence-corrected chi connectivity index (χ4v) is 9.41. The van der Waals surface area contributed by atoms with Crippen molar-refractivity contribution >= 4 is 44.6 Å². The van der Waals surface area contributed by atoms with Gasteiger partial charge in [-0.25, -0.2) is 22.9 Å². The summed E-state index contributed by atoms with van der Waals surface area (Å²) < 4.78 is 41.2. The molecule has 2 aliphatic carbocycles. The topological polar surface area (TPSA) is 211 Å². The Morgan fingerprint density at radius 3 is 2.62 bits per heavy atom. The van der Waals surface area contributed by atoms with E-state index in [4.69, 9.17) is 9.47 Å². The number of amides is 4. The van der Waals surface area contributed by atoms with Gasteiger partial charge in [0.1, 0.15) is 29.5 Å². The second-order valence-electron chi connectivity index (χ2n) is 15.9. The highest BCUT2D eigenvalue weighted by Crippen LogP contribution is 2.48. The number of allylic oxidation sites excluding steroid dienone is 1. The van der Waals surface area contributed by atoms with Crippen molar-refractivity contribution < 1.29 is 42.2 Å². The Labute approximate surface area is 325 Å². The van der Waals surface area contributed by atoms with Gasteiger partial charge >= 0.3 is 6.09 Å². The molecule has 0 radical (unpaired) electrons. The van der Waals surface area contributed by atoms with Crippen LogP contribution in [0.25, 0.3) is 16.5 Å². The average Bonchev–Trinajstić information content (AvgIpc) is 3.92. The second kappa shape index (κ2) is 15.0. The van der Waals surface area contributed by atoms with Crippen LogP contribution in [0.5, 0.6) is 11.6 Å². The first-order chi connectivity index (χ1) is 26.7. The normalized spacial score (nSPS) is 29.5. The van der Waals surface area contributed by atoms with Crippen LogP contribution in [-0.4, -0.2) is 99.1 Å². The molecule has 56 heavy (non-hydrogen) atoms. The number of methoxy groups -OCH3 is 1. The van der Waals surface area contributed by atoms with Gasteiger partial charge in [0.15, 0.2) is 0 Å². The Bertz CT molecular complexity index is 2160. The van der Waals surface area contributed by atoms with Gasteiger partial charge in [-0.3, -0.25) is 19.1 Å². The van der Waals surface area contributed by atoms with E-state index in [2.05, 4.69) is 25.4 Å². The fourth-order valence-electron chi connectivity index (χ4n) is 8.10. The molecule has 0 spiro atoms. The van der Waals surface area contributed by atoms with Crippen LogP contribution in [0.3, 0.4) is 0 Å². The van der Waals surface area contributed by atoms with E-state index in [1.807, 2.05) is 32.1 Å². The average molecular weight is 792 g/mol. The van der Waals surface area contributed by atoms with Crippen molar-refractivity contribution in [1.29, 1.82) is 0 Å². The molecule has 4 heterocycles. The van der Waals surface area contributed by atoms with Crippen molar-refractivity contribution in [2.45, 2.75) is 101 Å². The fraction of sp³-hybridized carbons (Fsp3) is 0.538. The Hall–Kier alpha value is -5.19. The Morgan fingerprint density at radius 2 is 1.95 bits per heavy atom. The first-order valence-corrected chi connectivity index (χ1v) is 20.7. The lowest BCUT2D eigenvalue weighted by Crippen LogP contribution is -2.59. The van der Waals surface area contributed by atoms with E-state index >= 15 is 0 Å². The molecular formula is C39H49N7O9S. The lowest BCUT2D eigenvalue weighted by molar-refractivity contribution is -0.142. The SMILES string of the molecule is CC[C@@H]1C[C@H](C)CC/C=C\[C@@H]2C[C@@]2(C(=O)NS(=O)(=O)C2(C)CC2)NC(=O)[C@@H]2C[C@@H](Oc3ncc(-n4cccn4)c4cc(OC)ccc34)CN2C(=O)[C@H]1NC(=O)O. The van der Waals surface area contributed by atoms with Crippen molar-refractivity contribution in [2.24, 2.45) is 17.8 Å². The van der Waals surface area contributed by atoms with Crippen LogP contribution in [0.15, 0.2) is 55.0 Å². The maximum atomic E-state index is 14.6. The molecule has 1 saturated heterocycles. The zero-order valence-electron chi connectivity index (χ0n) is 31.9. The van der Waals surface area contributed by atoms with E-state index in [0.29, 0.717) is 48.9 Å². The first kappa shape index (κ1) is 39.1. The minimum Gasteiger partial charge on any atom is -0.497 e. The van der Waals surface area contributed by atoms with E-state index in [0.717, 1.165) is 11.8 Å². The highest BCUT2D eigenvalue weighted by molar-refractivity contribution is 7.91. The summed E-state index contributed by atoms with van der Waals surface area (Å²) in [4.78, 5) is 61.2. The van der Waals surface area contributed by atoms with Crippen LogP contribution in [0.4, 0.5) is 4.79 Å². The number of rotatable bonds is 9. The van der Waals surface area contributed by atoms with Gasteiger partial charge in [-0.15, -0.1) is 0 Å². The summed E-state index contributed by atoms with van der Waals surface area (Å²) >= 11 is 0. The van der Waals surface area contributed by atoms with E-state index in [-0.39, 0.29) is 37.1 Å². The quantitative estimate of drug-likeness (QED) is 0.230. The number of carbonyl (C=O) groups excluding carboxylic acids is 3. The molecule has 4 amide bonds. The van der Waals surface area contributed by atoms with Crippen LogP contribution in [0, 0.1) is 17.8 Å². The number of sulfonamides is 1. The molecule has 7 atom stereocenters. The molecule has 2 aromatic heterocycles. The zero-order valence-corrected chi connectivity index (χ0v) is 32.8. The van der Waals surface area contributed by atoms with Gasteiger partial charge in [-0.1, -0.05) is 32.4 Å². The zero-order chi connectivity index (χ0) is 40.0. The number of hydrogen-bond acceptors (Lipinski definition) is 10. The van der Waals surface area contributed by atoms with E-state index in [1.54, 1.807) is 55.5 Å². The molecule has 0 bridgehead atoms. The third-order valence-electron chi connectivity index (χ3n) is 12.0. The van der Waals surface area contributed by atoms with E-state index in [1.165, 1.54) is 4.90 Å². The number of ether oxygens (including phenoxy) is 2. The van der Waals surface area contributed by atoms with E-state index in [9.17, 15) is 32.7 Å². The van der Waals surface area contributed by atoms with Crippen LogP contribution in [0.1, 0.15) is 72.1 Å². The molecule has 17 heteroatoms. The highest BCUT2D eigenvalue weighted by Gasteiger charge is 2.63. The summed E-state index contributed by atoms with van der Waals surface area (Å²) in [6.07, 6.45) is 10.1. The lowest BCUT2D eigenvalue weighted by atomic mass is 9.85. The molecule has 4 aliphatic rings. The molecule has 1 aromatic carbocycles. The van der Waals surface area contributed by atoms with Gasteiger partial charge in [0.2, 0.25) is 27.7 Å². The summed E-state index contributed by atoms with van der Waals surface area (Å²) in [5, 5.41) is 20.9. The molecule has 16 nitrogen and oxygen atoms in total. The Kier molecular flexibility index (Phi) is 10.5. The molecular weight excluding hydrogens is 743 g/mol. The van der Waals surface area contributed by atoms with Crippen molar-refractivity contribution in [2.75, 3.05) is 13.7 Å². The maximum Gasteiger partial charge on any atom is 0.405 e. The third-order valence-corrected chi connectivity index (χ3v) is 14.1. The summed E-state index contributed by atoms with van der Waals surface area (Å²) in [5.41, 5.74) is -0.892. The molecule has 3 aromatic rings. The third kappa shape index (κ3) is 7.52. The van der Waals surface area contributed by atoms with Gasteiger partial charge in [0.05, 0.1) is 30.3 Å². The summed E-state index contributed by atoms with van der Waals surface area (Å²) in [6, 6.07) is 4.84. The number of benzene rings is 1. The van der Waals surface area contributed by atoms with E-state index < -0.39 is 68.2 Å². The molecule has 3 fully saturated rings. The van der Waals surface area contributed by atoms with Gasteiger partial charge in [-0.05, 0) is 81.5 Å². The van der Waals surface area contributed by atoms with Crippen molar-refractivity contribution in [3.63, 3.8) is 0 Å². The first-order valence-electron chi connectivity index (χ1n) is 19.2. The number of carbonyl (C=O) groups is 4. The minimum absolute atomic E-state index is 0.0145. The largest absolute Gasteiger partial charge is 0.497 e. The number of pyridine rings is 1. The number of hydrogen-bond donors (Lipinski definition) is 4. The monoisotopic (exact) mass is 791 g/mol. The lowest BCUT2D eigenvalue weighted by Gasteiger charge is -2.33. The molecule has 4 N–H and O–H groups in total. The van der Waals surface area contributed by atoms with Crippen LogP contribution < -0.4 is 24.8 Å². The number of nitrogens with one attached hydrogen (secondary N) is 3. The number of aromatic nitrogens is 3. The molecule has 0 unspecified atom stereocenters. The van der Waals surface area contributed by atoms with Gasteiger partial charge in [-0.2, -0.15) is 5.10 Å². The van der Waals surface area contributed by atoms with Gasteiger partial charge in [0.25, 0.3) is 5.91 Å². The maximum absolute atomic E-state index is 14.6. The van der Waals surface area contributed by atoms with Gasteiger partial charge < -0.3 is 30.1 Å². The summed E-state index contributed by atoms with van der Waals surface area (Å²) in [6.45, 7) is 5.44. The number of nitrogens with zero attached hydrogens (tertiary/aromatic N) is 4. The number of fused-ring (bicyclic) bond motifs is 3. The Morgan fingerprint density at radius 1 is 1.16 bits per heavy atom. The van der Waals surface area contributed by atoms with Crippen LogP contribution >= 0.6 is 0 Å². The van der Waals surface area contributed by atoms with Gasteiger partial charge in [0, 0.05) is 35.5 Å². The molecule has 7 rings (SSSR count). The van der Waals surface area contributed by atoms with Crippen LogP contribution in [-0.2, 0) is 24.4 Å². The Balaban J connectivity index is 1.24. The molecule has 300 valence electrons. The minimum atomic E-state index is -4.02.